The number of benzene rings is 2. The fourth-order valence-corrected chi connectivity index (χ4v) is 3.50. The zero-order valence-electron chi connectivity index (χ0n) is 15.4. The van der Waals surface area contributed by atoms with E-state index in [4.69, 9.17) is 14.2 Å². The quantitative estimate of drug-likeness (QED) is 0.711. The van der Waals surface area contributed by atoms with E-state index < -0.39 is 5.91 Å². The van der Waals surface area contributed by atoms with Crippen LogP contribution in [0, 0.1) is 0 Å². The highest BCUT2D eigenvalue weighted by Gasteiger charge is 2.35. The number of aromatic hydroxyl groups is 1. The number of hydrogen-bond acceptors (Lipinski definition) is 7. The van der Waals surface area contributed by atoms with Gasteiger partial charge in [0.1, 0.15) is 6.61 Å². The van der Waals surface area contributed by atoms with Crippen LogP contribution in [-0.2, 0) is 4.79 Å². The molecule has 0 spiro atoms. The van der Waals surface area contributed by atoms with Crippen LogP contribution in [0.3, 0.4) is 0 Å². The number of para-hydroxylation sites is 3. The summed E-state index contributed by atoms with van der Waals surface area (Å²) >= 11 is 0.819. The van der Waals surface area contributed by atoms with Crippen molar-refractivity contribution in [3.8, 4) is 23.0 Å². The van der Waals surface area contributed by atoms with Gasteiger partial charge in [-0.05, 0) is 36.0 Å². The van der Waals surface area contributed by atoms with Crippen molar-refractivity contribution in [2.24, 2.45) is 0 Å². The highest BCUT2D eigenvalue weighted by molar-refractivity contribution is 8.18. The lowest BCUT2D eigenvalue weighted by Gasteiger charge is -2.14. The minimum Gasteiger partial charge on any atom is -0.504 e. The van der Waals surface area contributed by atoms with Crippen molar-refractivity contribution in [2.45, 2.75) is 0 Å². The van der Waals surface area contributed by atoms with Crippen molar-refractivity contribution >= 4 is 29.0 Å². The van der Waals surface area contributed by atoms with Crippen LogP contribution in [0.2, 0.25) is 0 Å². The van der Waals surface area contributed by atoms with Crippen LogP contribution in [0.15, 0.2) is 47.4 Å². The Morgan fingerprint density at radius 3 is 2.39 bits per heavy atom. The summed E-state index contributed by atoms with van der Waals surface area (Å²) in [5, 5.41) is 9.78. The van der Waals surface area contributed by atoms with Gasteiger partial charge in [0, 0.05) is 5.56 Å². The maximum atomic E-state index is 12.6. The Hall–Kier alpha value is -3.13. The molecule has 0 saturated carbocycles. The minimum absolute atomic E-state index is 0.0868. The van der Waals surface area contributed by atoms with Crippen molar-refractivity contribution in [1.29, 1.82) is 0 Å². The number of rotatable bonds is 7. The maximum Gasteiger partial charge on any atom is 0.293 e. The number of phenols is 1. The first kappa shape index (κ1) is 19.6. The molecule has 7 nitrogen and oxygen atoms in total. The van der Waals surface area contributed by atoms with Crippen LogP contribution in [0.5, 0.6) is 23.0 Å². The Labute approximate surface area is 166 Å². The lowest BCUT2D eigenvalue weighted by atomic mass is 10.1. The van der Waals surface area contributed by atoms with Gasteiger partial charge in [-0.15, -0.1) is 0 Å². The van der Waals surface area contributed by atoms with Crippen molar-refractivity contribution in [3.05, 3.63) is 52.9 Å². The van der Waals surface area contributed by atoms with Crippen molar-refractivity contribution in [2.75, 3.05) is 27.4 Å². The summed E-state index contributed by atoms with van der Waals surface area (Å²) in [6, 6.07) is 12.1. The molecule has 0 bridgehead atoms. The summed E-state index contributed by atoms with van der Waals surface area (Å²) in [6.07, 6.45) is 1.48. The molecule has 1 N–H and O–H groups in total. The van der Waals surface area contributed by atoms with Gasteiger partial charge in [-0.25, -0.2) is 0 Å². The van der Waals surface area contributed by atoms with E-state index in [-0.39, 0.29) is 34.8 Å². The number of carbonyl (C=O) groups is 2. The summed E-state index contributed by atoms with van der Waals surface area (Å²) in [5.74, 6) is 0.884. The molecular weight excluding hydrogens is 382 g/mol. The zero-order chi connectivity index (χ0) is 20.1. The number of methoxy groups -OCH3 is 2. The fourth-order valence-electron chi connectivity index (χ4n) is 2.64. The van der Waals surface area contributed by atoms with Gasteiger partial charge < -0.3 is 19.3 Å². The molecule has 28 heavy (non-hydrogen) atoms. The van der Waals surface area contributed by atoms with Crippen LogP contribution >= 0.6 is 11.8 Å². The van der Waals surface area contributed by atoms with Crippen molar-refractivity contribution in [3.63, 3.8) is 0 Å². The Morgan fingerprint density at radius 2 is 1.68 bits per heavy atom. The number of nitrogens with zero attached hydrogens (tertiary/aromatic N) is 1. The molecule has 1 aliphatic rings. The third-order valence-corrected chi connectivity index (χ3v) is 4.96. The topological polar surface area (TPSA) is 85.3 Å². The molecular formula is C20H19NO6S. The van der Waals surface area contributed by atoms with Crippen LogP contribution in [-0.4, -0.2) is 48.5 Å². The summed E-state index contributed by atoms with van der Waals surface area (Å²) in [7, 11) is 2.98. The average Bonchev–Trinajstić information content (AvgIpc) is 2.97. The molecule has 0 radical (unpaired) electrons. The number of phenolic OH excluding ortho intramolecular Hbond substituents is 1. The molecule has 0 atom stereocenters. The highest BCUT2D eigenvalue weighted by Crippen LogP contribution is 2.36. The molecule has 2 aromatic carbocycles. The van der Waals surface area contributed by atoms with Gasteiger partial charge in [-0.2, -0.15) is 0 Å². The smallest absolute Gasteiger partial charge is 0.293 e. The number of carbonyl (C=O) groups excluding carboxylic acids is 2. The first-order valence-corrected chi connectivity index (χ1v) is 9.24. The Kier molecular flexibility index (Phi) is 6.10. The summed E-state index contributed by atoms with van der Waals surface area (Å²) < 4.78 is 15.9. The van der Waals surface area contributed by atoms with Crippen LogP contribution < -0.4 is 14.2 Å². The molecule has 1 aliphatic heterocycles. The summed E-state index contributed by atoms with van der Waals surface area (Å²) in [4.78, 5) is 26.1. The second-order valence-electron chi connectivity index (χ2n) is 5.73. The molecule has 1 saturated heterocycles. The van der Waals surface area contributed by atoms with E-state index in [1.807, 2.05) is 6.07 Å². The number of thioether (sulfide) groups is 1. The van der Waals surface area contributed by atoms with E-state index in [1.54, 1.807) is 36.4 Å². The van der Waals surface area contributed by atoms with Crippen LogP contribution in [0.25, 0.3) is 6.08 Å². The van der Waals surface area contributed by atoms with Crippen LogP contribution in [0.1, 0.15) is 5.56 Å². The van der Waals surface area contributed by atoms with Gasteiger partial charge in [0.25, 0.3) is 11.1 Å². The lowest BCUT2D eigenvalue weighted by molar-refractivity contribution is -0.123. The number of ether oxygens (including phenoxy) is 3. The minimum atomic E-state index is -0.430. The van der Waals surface area contributed by atoms with E-state index >= 15 is 0 Å². The lowest BCUT2D eigenvalue weighted by Crippen LogP contribution is -2.32. The second kappa shape index (κ2) is 8.71. The molecule has 0 unspecified atom stereocenters. The van der Waals surface area contributed by atoms with Crippen molar-refractivity contribution < 1.29 is 28.9 Å². The van der Waals surface area contributed by atoms with Gasteiger partial charge in [-0.3, -0.25) is 14.5 Å². The molecule has 0 aromatic heterocycles. The molecule has 1 heterocycles. The molecule has 8 heteroatoms. The van der Waals surface area contributed by atoms with Gasteiger partial charge in [0.15, 0.2) is 23.0 Å². The third-order valence-electron chi connectivity index (χ3n) is 4.05. The maximum absolute atomic E-state index is 12.6. The van der Waals surface area contributed by atoms with E-state index in [0.717, 1.165) is 16.7 Å². The van der Waals surface area contributed by atoms with Gasteiger partial charge in [-0.1, -0.05) is 24.3 Å². The molecule has 146 valence electrons. The Morgan fingerprint density at radius 1 is 1.00 bits per heavy atom. The molecule has 3 rings (SSSR count). The third kappa shape index (κ3) is 4.07. The first-order chi connectivity index (χ1) is 13.5. The van der Waals surface area contributed by atoms with Crippen LogP contribution in [0.4, 0.5) is 4.79 Å². The monoisotopic (exact) mass is 401 g/mol. The Bertz CT molecular complexity index is 927. The van der Waals surface area contributed by atoms with Gasteiger partial charge in [0.05, 0.1) is 25.7 Å². The second-order valence-corrected chi connectivity index (χ2v) is 6.72. The number of hydrogen-bond donors (Lipinski definition) is 1. The van der Waals surface area contributed by atoms with Gasteiger partial charge >= 0.3 is 0 Å². The van der Waals surface area contributed by atoms with Crippen molar-refractivity contribution in [1.82, 2.24) is 4.90 Å². The SMILES string of the molecule is COc1ccccc1OCCN1C(=O)S/C(=C\c2cccc(OC)c2O)C1=O. The molecule has 1 fully saturated rings. The van der Waals surface area contributed by atoms with E-state index in [2.05, 4.69) is 0 Å². The largest absolute Gasteiger partial charge is 0.504 e. The molecule has 2 amide bonds. The van der Waals surface area contributed by atoms with E-state index in [0.29, 0.717) is 17.1 Å². The molecule has 0 aliphatic carbocycles. The van der Waals surface area contributed by atoms with Gasteiger partial charge in [0.2, 0.25) is 0 Å². The summed E-state index contributed by atoms with van der Waals surface area (Å²) in [5.41, 5.74) is 0.398. The standard InChI is InChI=1S/C20H19NO6S/c1-25-14-7-3-4-8-15(14)27-11-10-21-19(23)17(28-20(21)24)12-13-6-5-9-16(26-2)18(13)22/h3-9,12,22H,10-11H2,1-2H3/b17-12-. The molecule has 2 aromatic rings. The highest BCUT2D eigenvalue weighted by atomic mass is 32.2. The van der Waals surface area contributed by atoms with E-state index in [1.165, 1.54) is 20.3 Å². The van der Waals surface area contributed by atoms with E-state index in [9.17, 15) is 14.7 Å². The average molecular weight is 401 g/mol. The predicted octanol–water partition coefficient (Wildman–Crippen LogP) is 3.52. The number of imide groups is 1. The predicted molar refractivity (Wildman–Crippen MR) is 106 cm³/mol. The zero-order valence-corrected chi connectivity index (χ0v) is 16.2. The Balaban J connectivity index is 1.68. The summed E-state index contributed by atoms with van der Waals surface area (Å²) in [6.45, 7) is 0.236. The fraction of sp³-hybridized carbons (Fsp3) is 0.200. The number of amides is 2. The first-order valence-electron chi connectivity index (χ1n) is 8.42. The normalized spacial score (nSPS) is 15.2.